The summed E-state index contributed by atoms with van der Waals surface area (Å²) in [5, 5.41) is 0. The van der Waals surface area contributed by atoms with E-state index in [0.717, 1.165) is 13.0 Å². The van der Waals surface area contributed by atoms with Crippen LogP contribution in [0, 0.1) is 6.92 Å². The molecule has 1 heterocycles. The molecule has 0 N–H and O–H groups in total. The zero-order valence-electron chi connectivity index (χ0n) is 4.52. The van der Waals surface area contributed by atoms with Gasteiger partial charge in [-0.2, -0.15) is 0 Å². The molecule has 1 fully saturated rings. The molecule has 0 aliphatic carbocycles. The van der Waals surface area contributed by atoms with Gasteiger partial charge in [0.2, 0.25) is 0 Å². The first-order valence-electron chi connectivity index (χ1n) is 2.84. The molecule has 1 aliphatic heterocycles. The van der Waals surface area contributed by atoms with Crippen molar-refractivity contribution >= 4 is 0 Å². The van der Waals surface area contributed by atoms with Gasteiger partial charge in [-0.1, -0.05) is 0 Å². The van der Waals surface area contributed by atoms with Gasteiger partial charge < -0.3 is 4.74 Å². The Hall–Kier alpha value is -0.0400. The largest absolute Gasteiger partial charge is 0.378 e. The number of rotatable bonds is 0. The maximum Gasteiger partial charge on any atom is 0.0576 e. The van der Waals surface area contributed by atoms with Gasteiger partial charge in [0.15, 0.2) is 0 Å². The van der Waals surface area contributed by atoms with E-state index in [4.69, 9.17) is 4.74 Å². The van der Waals surface area contributed by atoms with Gasteiger partial charge in [0.05, 0.1) is 6.10 Å². The lowest BCUT2D eigenvalue weighted by Crippen LogP contribution is -2.14. The minimum Gasteiger partial charge on any atom is -0.378 e. The minimum atomic E-state index is 0.286. The fourth-order valence-corrected chi connectivity index (χ4v) is 0.807. The molecule has 0 aromatic rings. The molecule has 0 aromatic heterocycles. The molecule has 1 rings (SSSR count). The third-order valence-electron chi connectivity index (χ3n) is 1.27. The summed E-state index contributed by atoms with van der Waals surface area (Å²) in [7, 11) is 0. The quantitative estimate of drug-likeness (QED) is 0.446. The maximum atomic E-state index is 5.17. The molecule has 41 valence electrons. The van der Waals surface area contributed by atoms with Crippen molar-refractivity contribution in [2.75, 3.05) is 6.61 Å². The van der Waals surface area contributed by atoms with Crippen molar-refractivity contribution in [2.24, 2.45) is 0 Å². The Kier molecular flexibility index (Phi) is 1.69. The molecule has 0 unspecified atom stereocenters. The van der Waals surface area contributed by atoms with Crippen LogP contribution in [0.2, 0.25) is 0 Å². The maximum absolute atomic E-state index is 5.17. The molecule has 0 amide bonds. The van der Waals surface area contributed by atoms with Crippen molar-refractivity contribution in [3.8, 4) is 0 Å². The monoisotopic (exact) mass is 99.1 g/mol. The van der Waals surface area contributed by atoms with Gasteiger partial charge >= 0.3 is 0 Å². The highest BCUT2D eigenvalue weighted by Crippen LogP contribution is 2.10. The second-order valence-electron chi connectivity index (χ2n) is 1.99. The third-order valence-corrected chi connectivity index (χ3v) is 1.27. The van der Waals surface area contributed by atoms with Crippen LogP contribution in [-0.2, 0) is 4.74 Å². The Morgan fingerprint density at radius 2 is 2.29 bits per heavy atom. The van der Waals surface area contributed by atoms with Crippen LogP contribution in [0.25, 0.3) is 0 Å². The Morgan fingerprint density at radius 3 is 2.57 bits per heavy atom. The van der Waals surface area contributed by atoms with E-state index in [2.05, 4.69) is 6.92 Å². The van der Waals surface area contributed by atoms with Crippen LogP contribution in [0.3, 0.4) is 0 Å². The van der Waals surface area contributed by atoms with Crippen molar-refractivity contribution < 1.29 is 4.74 Å². The van der Waals surface area contributed by atoms with Crippen molar-refractivity contribution in [3.63, 3.8) is 0 Å². The highest BCUT2D eigenvalue weighted by Gasteiger charge is 2.05. The average molecular weight is 99.2 g/mol. The lowest BCUT2D eigenvalue weighted by molar-refractivity contribution is 0.0448. The molecular formula is C6H11O. The fourth-order valence-electron chi connectivity index (χ4n) is 0.807. The predicted octanol–water partition coefficient (Wildman–Crippen LogP) is 1.39. The molecule has 1 atom stereocenters. The van der Waals surface area contributed by atoms with Crippen LogP contribution in [0.15, 0.2) is 0 Å². The van der Waals surface area contributed by atoms with E-state index >= 15 is 0 Å². The summed E-state index contributed by atoms with van der Waals surface area (Å²) < 4.78 is 5.17. The average Bonchev–Trinajstić information content (AvgIpc) is 1.69. The number of hydrogen-bond acceptors (Lipinski definition) is 1. The van der Waals surface area contributed by atoms with E-state index in [1.54, 1.807) is 0 Å². The van der Waals surface area contributed by atoms with Gasteiger partial charge in [0, 0.05) is 6.61 Å². The summed E-state index contributed by atoms with van der Waals surface area (Å²) in [5.41, 5.74) is 0. The highest BCUT2D eigenvalue weighted by atomic mass is 16.5. The smallest absolute Gasteiger partial charge is 0.0576 e. The van der Waals surface area contributed by atoms with Crippen LogP contribution >= 0.6 is 0 Å². The van der Waals surface area contributed by atoms with E-state index < -0.39 is 0 Å². The number of hydrogen-bond donors (Lipinski definition) is 0. The van der Waals surface area contributed by atoms with Crippen LogP contribution in [0.4, 0.5) is 0 Å². The Bertz CT molecular complexity index is 46.1. The summed E-state index contributed by atoms with van der Waals surface area (Å²) in [6, 6.07) is 0. The fraction of sp³-hybridized carbons (Fsp3) is 0.833. The molecule has 0 spiro atoms. The Balaban J connectivity index is 2.12. The molecule has 1 heteroatoms. The second-order valence-corrected chi connectivity index (χ2v) is 1.99. The van der Waals surface area contributed by atoms with E-state index in [9.17, 15) is 0 Å². The summed E-state index contributed by atoms with van der Waals surface area (Å²) in [4.78, 5) is 0. The number of ether oxygens (including phenoxy) is 1. The van der Waals surface area contributed by atoms with Crippen LogP contribution in [-0.4, -0.2) is 12.7 Å². The summed E-state index contributed by atoms with van der Waals surface area (Å²) in [6.45, 7) is 4.70. The standard InChI is InChI=1S/C6H11O/c1-6-4-2-3-5-7-6/h6H,1-5H2/t6-/m0/s1. The van der Waals surface area contributed by atoms with Gasteiger partial charge in [-0.15, -0.1) is 0 Å². The molecule has 1 radical (unpaired) electrons. The molecular weight excluding hydrogens is 88.1 g/mol. The zero-order valence-corrected chi connectivity index (χ0v) is 4.52. The minimum absolute atomic E-state index is 0.286. The lowest BCUT2D eigenvalue weighted by Gasteiger charge is -2.17. The normalized spacial score (nSPS) is 33.0. The van der Waals surface area contributed by atoms with E-state index in [-0.39, 0.29) is 6.10 Å². The summed E-state index contributed by atoms with van der Waals surface area (Å²) >= 11 is 0. The highest BCUT2D eigenvalue weighted by molar-refractivity contribution is 4.63. The summed E-state index contributed by atoms with van der Waals surface area (Å²) in [6.07, 6.45) is 3.97. The van der Waals surface area contributed by atoms with E-state index in [1.165, 1.54) is 12.8 Å². The van der Waals surface area contributed by atoms with Gasteiger partial charge in [0.25, 0.3) is 0 Å². The molecule has 7 heavy (non-hydrogen) atoms. The van der Waals surface area contributed by atoms with Gasteiger partial charge in [-0.3, -0.25) is 0 Å². The SMILES string of the molecule is [CH2][C@H]1CCCCO1. The van der Waals surface area contributed by atoms with Crippen molar-refractivity contribution in [2.45, 2.75) is 25.4 Å². The van der Waals surface area contributed by atoms with Gasteiger partial charge in [0.1, 0.15) is 0 Å². The van der Waals surface area contributed by atoms with Crippen LogP contribution in [0.5, 0.6) is 0 Å². The van der Waals surface area contributed by atoms with Crippen molar-refractivity contribution in [1.29, 1.82) is 0 Å². The van der Waals surface area contributed by atoms with Crippen molar-refractivity contribution in [3.05, 3.63) is 6.92 Å². The van der Waals surface area contributed by atoms with E-state index in [0.29, 0.717) is 0 Å². The van der Waals surface area contributed by atoms with Gasteiger partial charge in [-0.05, 0) is 26.2 Å². The second kappa shape index (κ2) is 2.31. The molecule has 0 aromatic carbocycles. The molecule has 1 nitrogen and oxygen atoms in total. The third kappa shape index (κ3) is 1.48. The zero-order chi connectivity index (χ0) is 5.11. The predicted molar refractivity (Wildman–Crippen MR) is 28.9 cm³/mol. The molecule has 1 aliphatic rings. The van der Waals surface area contributed by atoms with Crippen LogP contribution in [0.1, 0.15) is 19.3 Å². The van der Waals surface area contributed by atoms with Crippen molar-refractivity contribution in [1.82, 2.24) is 0 Å². The van der Waals surface area contributed by atoms with E-state index in [1.807, 2.05) is 0 Å². The first kappa shape index (κ1) is 5.10. The molecule has 0 saturated carbocycles. The topological polar surface area (TPSA) is 9.23 Å². The molecule has 1 saturated heterocycles. The lowest BCUT2D eigenvalue weighted by atomic mass is 10.1. The first-order chi connectivity index (χ1) is 3.39. The Morgan fingerprint density at radius 1 is 1.43 bits per heavy atom. The summed E-state index contributed by atoms with van der Waals surface area (Å²) in [5.74, 6) is 0. The first-order valence-corrected chi connectivity index (χ1v) is 2.84. The molecule has 0 bridgehead atoms. The Labute approximate surface area is 44.7 Å². The van der Waals surface area contributed by atoms with Gasteiger partial charge in [-0.25, -0.2) is 0 Å². The van der Waals surface area contributed by atoms with Crippen LogP contribution < -0.4 is 0 Å².